The lowest BCUT2D eigenvalue weighted by molar-refractivity contribution is -0.137. The number of anilines is 1. The molecule has 0 spiro atoms. The molecule has 1 rings (SSSR count). The van der Waals surface area contributed by atoms with Gasteiger partial charge in [0, 0.05) is 5.69 Å². The second-order valence-corrected chi connectivity index (χ2v) is 2.91. The van der Waals surface area contributed by atoms with Crippen LogP contribution < -0.4 is 5.32 Å². The third-order valence-corrected chi connectivity index (χ3v) is 1.75. The van der Waals surface area contributed by atoms with E-state index >= 15 is 0 Å². The maximum atomic E-state index is 12.2. The molecular weight excluding hydrogens is 203 g/mol. The monoisotopic (exact) mass is 214 g/mol. The number of hydrogen-bond acceptors (Lipinski definition) is 1. The van der Waals surface area contributed by atoms with Crippen LogP contribution in [0.25, 0.3) is 0 Å². The van der Waals surface area contributed by atoms with E-state index in [9.17, 15) is 13.2 Å². The van der Waals surface area contributed by atoms with Crippen molar-refractivity contribution < 1.29 is 13.2 Å². The summed E-state index contributed by atoms with van der Waals surface area (Å²) in [6.07, 6.45) is -0.220. The van der Waals surface area contributed by atoms with Crippen molar-refractivity contribution in [2.24, 2.45) is 0 Å². The van der Waals surface area contributed by atoms with Crippen LogP contribution in [0.4, 0.5) is 18.9 Å². The van der Waals surface area contributed by atoms with Crippen LogP contribution in [0.1, 0.15) is 12.0 Å². The van der Waals surface area contributed by atoms with Crippen molar-refractivity contribution in [3.05, 3.63) is 49.0 Å². The van der Waals surface area contributed by atoms with Gasteiger partial charge in [-0.15, -0.1) is 0 Å². The lowest BCUT2D eigenvalue weighted by Crippen LogP contribution is -2.04. The molecule has 15 heavy (non-hydrogen) atoms. The van der Waals surface area contributed by atoms with Crippen molar-refractivity contribution in [1.29, 1.82) is 0 Å². The van der Waals surface area contributed by atoms with Gasteiger partial charge >= 0.3 is 6.18 Å². The van der Waals surface area contributed by atoms with Gasteiger partial charge in [0.05, 0.1) is 5.56 Å². The Morgan fingerprint density at radius 2 is 1.80 bits per heavy atom. The van der Waals surface area contributed by atoms with Gasteiger partial charge in [-0.25, -0.2) is 0 Å². The molecule has 0 unspecified atom stereocenters. The van der Waals surface area contributed by atoms with Crippen LogP contribution >= 0.6 is 0 Å². The molecule has 0 atom stereocenters. The fraction of sp³-hybridized carbons (Fsp3) is 0.182. The van der Waals surface area contributed by atoms with Crippen LogP contribution in [0.15, 0.2) is 36.5 Å². The number of rotatable bonds is 3. The molecule has 0 bridgehead atoms. The van der Waals surface area contributed by atoms with Crippen molar-refractivity contribution in [3.8, 4) is 0 Å². The molecule has 0 saturated heterocycles. The van der Waals surface area contributed by atoms with Crippen molar-refractivity contribution in [1.82, 2.24) is 0 Å². The van der Waals surface area contributed by atoms with Crippen LogP contribution in [0.3, 0.4) is 0 Å². The summed E-state index contributed by atoms with van der Waals surface area (Å²) in [6, 6.07) is 4.85. The Kier molecular flexibility index (Phi) is 3.77. The van der Waals surface area contributed by atoms with Crippen LogP contribution in [0.2, 0.25) is 0 Å². The molecule has 0 fully saturated rings. The maximum Gasteiger partial charge on any atom is 0.416 e. The number of allylic oxidation sites excluding steroid dienone is 1. The highest BCUT2D eigenvalue weighted by Crippen LogP contribution is 2.29. The minimum atomic E-state index is -4.28. The number of alkyl halides is 3. The van der Waals surface area contributed by atoms with E-state index in [-0.39, 0.29) is 0 Å². The van der Waals surface area contributed by atoms with Gasteiger partial charge in [-0.05, 0) is 43.8 Å². The molecule has 1 radical (unpaired) electrons. The van der Waals surface area contributed by atoms with E-state index < -0.39 is 11.7 Å². The topological polar surface area (TPSA) is 12.0 Å². The van der Waals surface area contributed by atoms with Gasteiger partial charge in [-0.3, -0.25) is 0 Å². The summed E-state index contributed by atoms with van der Waals surface area (Å²) in [5, 5.41) is 2.84. The highest BCUT2D eigenvalue weighted by Gasteiger charge is 2.29. The number of benzene rings is 1. The summed E-state index contributed by atoms with van der Waals surface area (Å²) < 4.78 is 36.6. The summed E-state index contributed by atoms with van der Waals surface area (Å²) in [5.74, 6) is 0. The normalized spacial score (nSPS) is 12.0. The van der Waals surface area contributed by atoms with E-state index in [0.29, 0.717) is 12.1 Å². The third kappa shape index (κ3) is 3.65. The van der Waals surface area contributed by atoms with Crippen LogP contribution in [0.5, 0.6) is 0 Å². The lowest BCUT2D eigenvalue weighted by Gasteiger charge is -2.07. The van der Waals surface area contributed by atoms with Crippen molar-refractivity contribution in [3.63, 3.8) is 0 Å². The van der Waals surface area contributed by atoms with E-state index in [4.69, 9.17) is 0 Å². The van der Waals surface area contributed by atoms with Crippen molar-refractivity contribution in [2.45, 2.75) is 12.6 Å². The average molecular weight is 214 g/mol. The molecule has 1 aromatic rings. The molecule has 0 saturated carbocycles. The zero-order chi connectivity index (χ0) is 11.3. The SMILES string of the molecule is [CH2]C/C=C/Nc1ccc(C(F)(F)F)cc1. The Bertz CT molecular complexity index is 325. The Labute approximate surface area is 86.6 Å². The first-order valence-corrected chi connectivity index (χ1v) is 4.42. The molecule has 0 aliphatic rings. The number of hydrogen-bond donors (Lipinski definition) is 1. The molecular formula is C11H11F3N. The van der Waals surface area contributed by atoms with Crippen LogP contribution in [-0.2, 0) is 6.18 Å². The molecule has 0 heterocycles. The van der Waals surface area contributed by atoms with Gasteiger partial charge in [0.25, 0.3) is 0 Å². The largest absolute Gasteiger partial charge is 0.416 e. The van der Waals surface area contributed by atoms with Crippen LogP contribution in [0, 0.1) is 6.92 Å². The fourth-order valence-corrected chi connectivity index (χ4v) is 0.994. The average Bonchev–Trinajstić information content (AvgIpc) is 2.18. The molecule has 1 aromatic carbocycles. The minimum Gasteiger partial charge on any atom is -0.362 e. The minimum absolute atomic E-state index is 0.618. The predicted octanol–water partition coefficient (Wildman–Crippen LogP) is 3.86. The van der Waals surface area contributed by atoms with E-state index in [2.05, 4.69) is 12.2 Å². The maximum absolute atomic E-state index is 12.2. The highest BCUT2D eigenvalue weighted by molar-refractivity contribution is 5.47. The molecule has 1 N–H and O–H groups in total. The van der Waals surface area contributed by atoms with Gasteiger partial charge in [-0.2, -0.15) is 13.2 Å². The molecule has 0 aromatic heterocycles. The Balaban J connectivity index is 2.69. The van der Waals surface area contributed by atoms with Gasteiger partial charge in [0.2, 0.25) is 0 Å². The van der Waals surface area contributed by atoms with Gasteiger partial charge in [0.15, 0.2) is 0 Å². The van der Waals surface area contributed by atoms with Gasteiger partial charge in [-0.1, -0.05) is 6.08 Å². The Morgan fingerprint density at radius 3 is 2.27 bits per heavy atom. The zero-order valence-electron chi connectivity index (χ0n) is 8.01. The Morgan fingerprint density at radius 1 is 1.20 bits per heavy atom. The molecule has 0 aliphatic carbocycles. The van der Waals surface area contributed by atoms with E-state index in [1.54, 1.807) is 12.3 Å². The van der Waals surface area contributed by atoms with Crippen molar-refractivity contribution >= 4 is 5.69 Å². The second kappa shape index (κ2) is 4.87. The third-order valence-electron chi connectivity index (χ3n) is 1.75. The van der Waals surface area contributed by atoms with E-state index in [1.807, 2.05) is 0 Å². The zero-order valence-corrected chi connectivity index (χ0v) is 8.01. The quantitative estimate of drug-likeness (QED) is 0.805. The summed E-state index contributed by atoms with van der Waals surface area (Å²) >= 11 is 0. The molecule has 4 heteroatoms. The van der Waals surface area contributed by atoms with Crippen LogP contribution in [-0.4, -0.2) is 0 Å². The second-order valence-electron chi connectivity index (χ2n) is 2.91. The molecule has 81 valence electrons. The summed E-state index contributed by atoms with van der Waals surface area (Å²) in [4.78, 5) is 0. The number of halogens is 3. The molecule has 0 amide bonds. The summed E-state index contributed by atoms with van der Waals surface area (Å²) in [5.41, 5.74) is -0.0260. The predicted molar refractivity (Wildman–Crippen MR) is 54.2 cm³/mol. The summed E-state index contributed by atoms with van der Waals surface area (Å²) in [6.45, 7) is 3.59. The fourth-order valence-electron chi connectivity index (χ4n) is 0.994. The first-order chi connectivity index (χ1) is 7.04. The smallest absolute Gasteiger partial charge is 0.362 e. The van der Waals surface area contributed by atoms with Gasteiger partial charge < -0.3 is 5.32 Å². The van der Waals surface area contributed by atoms with Crippen molar-refractivity contribution in [2.75, 3.05) is 5.32 Å². The molecule has 1 nitrogen and oxygen atoms in total. The number of nitrogens with one attached hydrogen (secondary N) is 1. The van der Waals surface area contributed by atoms with Gasteiger partial charge in [0.1, 0.15) is 0 Å². The first kappa shape index (κ1) is 11.6. The molecule has 0 aliphatic heterocycles. The van der Waals surface area contributed by atoms with E-state index in [1.165, 1.54) is 12.1 Å². The standard InChI is InChI=1S/C11H11F3N/c1-2-3-8-15-10-6-4-9(5-7-10)11(12,13)14/h3-8,15H,1-2H2/b8-3+. The first-order valence-electron chi connectivity index (χ1n) is 4.42. The summed E-state index contributed by atoms with van der Waals surface area (Å²) in [7, 11) is 0. The Hall–Kier alpha value is -1.45. The highest BCUT2D eigenvalue weighted by atomic mass is 19.4. The van der Waals surface area contributed by atoms with E-state index in [0.717, 1.165) is 12.1 Å². The lowest BCUT2D eigenvalue weighted by atomic mass is 10.2.